The number of carbonyl (C=O) groups excluding carboxylic acids is 5. The summed E-state index contributed by atoms with van der Waals surface area (Å²) in [5, 5.41) is 19.9. The van der Waals surface area contributed by atoms with Crippen molar-refractivity contribution < 1.29 is 29.1 Å². The summed E-state index contributed by atoms with van der Waals surface area (Å²) in [6.07, 6.45) is 0.249. The Morgan fingerprint density at radius 2 is 1.40 bits per heavy atom. The van der Waals surface area contributed by atoms with Gasteiger partial charge in [-0.2, -0.15) is 25.3 Å². The Morgan fingerprint density at radius 1 is 0.822 bits per heavy atom. The van der Waals surface area contributed by atoms with Crippen molar-refractivity contribution in [3.63, 3.8) is 0 Å². The zero-order valence-electron chi connectivity index (χ0n) is 26.1. The maximum Gasteiger partial charge on any atom is 0.244 e. The molecule has 12 nitrogen and oxygen atoms in total. The first-order chi connectivity index (χ1) is 20.8. The average Bonchev–Trinajstić information content (AvgIpc) is 2.93. The molecule has 246 valence electrons. The standard InChI is InChI=1S/C31H44N6O6S2/c1-17-13-20(38)12-11-19(17)15-21(32)27(41)37-25(31(4,5)45)29(43)34-16-23(39)35-22(14-18-9-7-6-8-10-18)28(42)36-24(26(33)40)30(2,3)44/h6-13,21-22,24-25,38,44-45H,14-16,32H2,1-5H3,(H2,33,40)(H,34,43)(H,35,39)(H,36,42)(H,37,41)/t21-,22-,24-,25-/m0/s1. The highest BCUT2D eigenvalue weighted by molar-refractivity contribution is 7.82. The van der Waals surface area contributed by atoms with E-state index < -0.39 is 69.7 Å². The molecular weight excluding hydrogens is 617 g/mol. The molecule has 0 aliphatic carbocycles. The molecule has 0 aliphatic heterocycles. The number of amides is 5. The highest BCUT2D eigenvalue weighted by atomic mass is 32.1. The van der Waals surface area contributed by atoms with Gasteiger partial charge in [0.25, 0.3) is 0 Å². The first-order valence-corrected chi connectivity index (χ1v) is 15.2. The van der Waals surface area contributed by atoms with Crippen LogP contribution in [0.4, 0.5) is 0 Å². The van der Waals surface area contributed by atoms with Crippen molar-refractivity contribution in [2.45, 2.75) is 81.1 Å². The molecule has 0 aromatic heterocycles. The number of aromatic hydroxyl groups is 1. The molecule has 0 saturated heterocycles. The Labute approximate surface area is 274 Å². The molecule has 0 spiro atoms. The van der Waals surface area contributed by atoms with E-state index in [0.717, 1.165) is 16.7 Å². The quantitative estimate of drug-likeness (QED) is 0.122. The number of nitrogens with one attached hydrogen (secondary N) is 4. The molecule has 0 fully saturated rings. The molecule has 0 aliphatic rings. The summed E-state index contributed by atoms with van der Waals surface area (Å²) in [4.78, 5) is 64.4. The molecule has 0 radical (unpaired) electrons. The SMILES string of the molecule is Cc1cc(O)ccc1C[C@H](N)C(=O)N[C@@H](C(=O)NCC(=O)N[C@@H](Cc1ccccc1)C(=O)N[C@@H](C(N)=O)C(C)(C)S)C(C)(C)S. The number of aryl methyl sites for hydroxylation is 1. The third-order valence-corrected chi connectivity index (χ3v) is 7.51. The van der Waals surface area contributed by atoms with Gasteiger partial charge in [0.15, 0.2) is 0 Å². The van der Waals surface area contributed by atoms with Crippen molar-refractivity contribution in [3.05, 3.63) is 65.2 Å². The fourth-order valence-electron chi connectivity index (χ4n) is 4.46. The van der Waals surface area contributed by atoms with Gasteiger partial charge in [-0.15, -0.1) is 0 Å². The van der Waals surface area contributed by atoms with E-state index in [2.05, 4.69) is 46.5 Å². The highest BCUT2D eigenvalue weighted by Crippen LogP contribution is 2.20. The van der Waals surface area contributed by atoms with Crippen LogP contribution in [0.25, 0.3) is 0 Å². The lowest BCUT2D eigenvalue weighted by Gasteiger charge is -2.31. The third kappa shape index (κ3) is 11.9. The van der Waals surface area contributed by atoms with Crippen molar-refractivity contribution in [2.75, 3.05) is 6.54 Å². The van der Waals surface area contributed by atoms with Crippen LogP contribution in [0.2, 0.25) is 0 Å². The van der Waals surface area contributed by atoms with Crippen molar-refractivity contribution >= 4 is 54.8 Å². The summed E-state index contributed by atoms with van der Waals surface area (Å²) < 4.78 is -2.04. The summed E-state index contributed by atoms with van der Waals surface area (Å²) in [5.74, 6) is -3.35. The number of phenolic OH excluding ortho intramolecular Hbond substituents is 1. The molecule has 2 rings (SSSR count). The zero-order valence-corrected chi connectivity index (χ0v) is 27.9. The normalized spacial score (nSPS) is 14.3. The van der Waals surface area contributed by atoms with Gasteiger partial charge in [-0.3, -0.25) is 24.0 Å². The Bertz CT molecular complexity index is 1380. The van der Waals surface area contributed by atoms with Crippen LogP contribution in [-0.4, -0.2) is 74.8 Å². The van der Waals surface area contributed by atoms with E-state index in [0.29, 0.717) is 0 Å². The van der Waals surface area contributed by atoms with E-state index in [1.165, 1.54) is 6.07 Å². The van der Waals surface area contributed by atoms with Crippen LogP contribution in [0, 0.1) is 6.92 Å². The van der Waals surface area contributed by atoms with Gasteiger partial charge in [-0.05, 0) is 69.9 Å². The Hall–Kier alpha value is -3.75. The number of primary amides is 1. The minimum absolute atomic E-state index is 0.0889. The van der Waals surface area contributed by atoms with Gasteiger partial charge in [0, 0.05) is 15.9 Å². The fourth-order valence-corrected chi connectivity index (χ4v) is 4.84. The summed E-state index contributed by atoms with van der Waals surface area (Å²) in [5.41, 5.74) is 13.9. The van der Waals surface area contributed by atoms with Gasteiger partial charge in [0.05, 0.1) is 12.6 Å². The van der Waals surface area contributed by atoms with Crippen LogP contribution >= 0.6 is 25.3 Å². The number of hydrogen-bond acceptors (Lipinski definition) is 9. The van der Waals surface area contributed by atoms with Crippen molar-refractivity contribution in [2.24, 2.45) is 11.5 Å². The van der Waals surface area contributed by atoms with E-state index in [4.69, 9.17) is 11.5 Å². The van der Waals surface area contributed by atoms with Gasteiger partial charge < -0.3 is 37.8 Å². The van der Waals surface area contributed by atoms with Crippen LogP contribution in [0.15, 0.2) is 48.5 Å². The monoisotopic (exact) mass is 660 g/mol. The average molecular weight is 661 g/mol. The molecule has 14 heteroatoms. The second-order valence-corrected chi connectivity index (χ2v) is 14.3. The van der Waals surface area contributed by atoms with Crippen LogP contribution in [0.3, 0.4) is 0 Å². The third-order valence-electron chi connectivity index (χ3n) is 6.99. The molecule has 45 heavy (non-hydrogen) atoms. The number of hydrogen-bond donors (Lipinski definition) is 9. The van der Waals surface area contributed by atoms with E-state index in [-0.39, 0.29) is 18.6 Å². The largest absolute Gasteiger partial charge is 0.508 e. The topological polar surface area (TPSA) is 206 Å². The van der Waals surface area contributed by atoms with Gasteiger partial charge >= 0.3 is 0 Å². The molecule has 2 aromatic rings. The van der Waals surface area contributed by atoms with Crippen LogP contribution in [0.5, 0.6) is 5.75 Å². The number of rotatable bonds is 15. The highest BCUT2D eigenvalue weighted by Gasteiger charge is 2.36. The maximum atomic E-state index is 13.2. The molecule has 4 atom stereocenters. The van der Waals surface area contributed by atoms with Crippen molar-refractivity contribution in [3.8, 4) is 5.75 Å². The molecular formula is C31H44N6O6S2. The molecule has 2 aromatic carbocycles. The van der Waals surface area contributed by atoms with E-state index in [9.17, 15) is 29.1 Å². The number of carbonyl (C=O) groups is 5. The van der Waals surface area contributed by atoms with Crippen LogP contribution in [0.1, 0.15) is 44.4 Å². The lowest BCUT2D eigenvalue weighted by atomic mass is 9.98. The van der Waals surface area contributed by atoms with Crippen molar-refractivity contribution in [1.82, 2.24) is 21.3 Å². The number of thiol groups is 2. The van der Waals surface area contributed by atoms with Crippen LogP contribution in [-0.2, 0) is 36.8 Å². The number of phenols is 1. The molecule has 0 bridgehead atoms. The second kappa shape index (κ2) is 16.0. The molecule has 0 unspecified atom stereocenters. The van der Waals surface area contributed by atoms with Gasteiger partial charge in [0.2, 0.25) is 29.5 Å². The first-order valence-electron chi connectivity index (χ1n) is 14.3. The van der Waals surface area contributed by atoms with Crippen molar-refractivity contribution in [1.29, 1.82) is 0 Å². The predicted molar refractivity (Wildman–Crippen MR) is 179 cm³/mol. The Balaban J connectivity index is 2.11. The van der Waals surface area contributed by atoms with Gasteiger partial charge in [-0.1, -0.05) is 36.4 Å². The zero-order chi connectivity index (χ0) is 34.1. The summed E-state index contributed by atoms with van der Waals surface area (Å²) >= 11 is 8.84. The second-order valence-electron chi connectivity index (χ2n) is 12.0. The molecule has 0 heterocycles. The molecule has 0 saturated carbocycles. The first kappa shape index (κ1) is 37.4. The minimum Gasteiger partial charge on any atom is -0.508 e. The molecule has 5 amide bonds. The van der Waals surface area contributed by atoms with E-state index >= 15 is 0 Å². The van der Waals surface area contributed by atoms with Gasteiger partial charge in [-0.25, -0.2) is 0 Å². The summed E-state index contributed by atoms with van der Waals surface area (Å²) in [6.45, 7) is 7.73. The number of benzene rings is 2. The maximum absolute atomic E-state index is 13.2. The van der Waals surface area contributed by atoms with E-state index in [1.807, 2.05) is 0 Å². The lowest BCUT2D eigenvalue weighted by molar-refractivity contribution is -0.133. The van der Waals surface area contributed by atoms with E-state index in [1.54, 1.807) is 77.1 Å². The predicted octanol–water partition coefficient (Wildman–Crippen LogP) is 0.286. The summed E-state index contributed by atoms with van der Waals surface area (Å²) in [7, 11) is 0. The number of nitrogens with two attached hydrogens (primary N) is 2. The molecule has 9 N–H and O–H groups in total. The van der Waals surface area contributed by atoms with Gasteiger partial charge in [0.1, 0.15) is 23.9 Å². The smallest absolute Gasteiger partial charge is 0.244 e. The summed E-state index contributed by atoms with van der Waals surface area (Å²) in [6, 6.07) is 9.21. The lowest BCUT2D eigenvalue weighted by Crippen LogP contribution is -2.61. The Kier molecular flexibility index (Phi) is 13.3. The van der Waals surface area contributed by atoms with Crippen LogP contribution < -0.4 is 32.7 Å². The fraction of sp³-hybridized carbons (Fsp3) is 0.452. The minimum atomic E-state index is -1.18. The Morgan fingerprint density at radius 3 is 1.93 bits per heavy atom.